The lowest BCUT2D eigenvalue weighted by Crippen LogP contribution is -2.20. The lowest BCUT2D eigenvalue weighted by Gasteiger charge is -2.13. The summed E-state index contributed by atoms with van der Waals surface area (Å²) in [5.74, 6) is 1.64. The molecular formula is C10H20N4. The van der Waals surface area contributed by atoms with E-state index in [-0.39, 0.29) is 6.04 Å². The molecule has 0 aliphatic carbocycles. The van der Waals surface area contributed by atoms with Crippen molar-refractivity contribution in [3.8, 4) is 0 Å². The van der Waals surface area contributed by atoms with Gasteiger partial charge in [-0.15, -0.1) is 0 Å². The zero-order chi connectivity index (χ0) is 10.6. The summed E-state index contributed by atoms with van der Waals surface area (Å²) in [4.78, 5) is 4.25. The Hall–Kier alpha value is -0.900. The quantitative estimate of drug-likeness (QED) is 0.770. The predicted octanol–water partition coefficient (Wildman–Crippen LogP) is 1.21. The first-order chi connectivity index (χ1) is 6.63. The molecule has 0 radical (unpaired) electrons. The van der Waals surface area contributed by atoms with E-state index in [0.29, 0.717) is 5.92 Å². The van der Waals surface area contributed by atoms with E-state index < -0.39 is 0 Å². The van der Waals surface area contributed by atoms with E-state index in [1.165, 1.54) is 0 Å². The van der Waals surface area contributed by atoms with Crippen LogP contribution in [0.4, 0.5) is 0 Å². The summed E-state index contributed by atoms with van der Waals surface area (Å²) in [5, 5.41) is 4.14. The van der Waals surface area contributed by atoms with E-state index in [9.17, 15) is 0 Å². The van der Waals surface area contributed by atoms with Gasteiger partial charge in [-0.25, -0.2) is 4.98 Å². The molecule has 14 heavy (non-hydrogen) atoms. The molecule has 4 nitrogen and oxygen atoms in total. The first-order valence-electron chi connectivity index (χ1n) is 5.25. The zero-order valence-corrected chi connectivity index (χ0v) is 9.27. The zero-order valence-electron chi connectivity index (χ0n) is 9.27. The van der Waals surface area contributed by atoms with E-state index in [0.717, 1.165) is 25.2 Å². The van der Waals surface area contributed by atoms with Gasteiger partial charge in [0.2, 0.25) is 0 Å². The summed E-state index contributed by atoms with van der Waals surface area (Å²) in [6.07, 6.45) is 3.63. The minimum atomic E-state index is 0.267. The van der Waals surface area contributed by atoms with Crippen molar-refractivity contribution in [1.82, 2.24) is 14.8 Å². The minimum absolute atomic E-state index is 0.267. The van der Waals surface area contributed by atoms with E-state index >= 15 is 0 Å². The summed E-state index contributed by atoms with van der Waals surface area (Å²) < 4.78 is 1.94. The summed E-state index contributed by atoms with van der Waals surface area (Å²) in [7, 11) is 0. The van der Waals surface area contributed by atoms with Gasteiger partial charge in [-0.2, -0.15) is 5.10 Å². The molecule has 80 valence electrons. The Balaban J connectivity index is 2.51. The van der Waals surface area contributed by atoms with Crippen LogP contribution in [0, 0.1) is 5.92 Å². The molecule has 4 heteroatoms. The Morgan fingerprint density at radius 2 is 2.21 bits per heavy atom. The van der Waals surface area contributed by atoms with Crippen LogP contribution in [0.5, 0.6) is 0 Å². The molecule has 0 saturated carbocycles. The molecule has 0 amide bonds. The first-order valence-corrected chi connectivity index (χ1v) is 5.25. The molecule has 1 aromatic heterocycles. The van der Waals surface area contributed by atoms with Crippen LogP contribution in [-0.4, -0.2) is 20.8 Å². The molecule has 0 aliphatic rings. The number of hydrogen-bond acceptors (Lipinski definition) is 3. The molecule has 0 saturated heterocycles. The molecule has 1 aromatic rings. The van der Waals surface area contributed by atoms with E-state index in [1.807, 2.05) is 11.6 Å². The van der Waals surface area contributed by atoms with Gasteiger partial charge in [-0.3, -0.25) is 4.68 Å². The molecule has 2 N–H and O–H groups in total. The van der Waals surface area contributed by atoms with E-state index in [4.69, 9.17) is 5.73 Å². The van der Waals surface area contributed by atoms with Crippen molar-refractivity contribution in [2.24, 2.45) is 11.7 Å². The molecule has 1 heterocycles. The van der Waals surface area contributed by atoms with Crippen molar-refractivity contribution in [3.63, 3.8) is 0 Å². The average molecular weight is 196 g/mol. The monoisotopic (exact) mass is 196 g/mol. The third-order valence-electron chi connectivity index (χ3n) is 2.30. The molecule has 0 spiro atoms. The number of aryl methyl sites for hydroxylation is 1. The van der Waals surface area contributed by atoms with Gasteiger partial charge in [-0.05, 0) is 26.2 Å². The third-order valence-corrected chi connectivity index (χ3v) is 2.30. The van der Waals surface area contributed by atoms with Gasteiger partial charge in [-0.1, -0.05) is 6.92 Å². The highest BCUT2D eigenvalue weighted by Crippen LogP contribution is 2.10. The Morgan fingerprint density at radius 1 is 1.50 bits per heavy atom. The molecule has 0 fully saturated rings. The topological polar surface area (TPSA) is 56.7 Å². The summed E-state index contributed by atoms with van der Waals surface area (Å²) in [6, 6.07) is 0.267. The van der Waals surface area contributed by atoms with Crippen LogP contribution in [0.2, 0.25) is 0 Å². The fourth-order valence-electron chi connectivity index (χ4n) is 1.74. The van der Waals surface area contributed by atoms with Gasteiger partial charge in [0.05, 0.1) is 0 Å². The minimum Gasteiger partial charge on any atom is -0.328 e. The van der Waals surface area contributed by atoms with Gasteiger partial charge in [0.15, 0.2) is 0 Å². The van der Waals surface area contributed by atoms with Crippen LogP contribution in [0.25, 0.3) is 0 Å². The van der Waals surface area contributed by atoms with E-state index in [1.54, 1.807) is 6.33 Å². The highest BCUT2D eigenvalue weighted by atomic mass is 15.3. The Morgan fingerprint density at radius 3 is 2.79 bits per heavy atom. The maximum atomic E-state index is 5.75. The number of aromatic nitrogens is 3. The molecule has 2 atom stereocenters. The average Bonchev–Trinajstić information content (AvgIpc) is 2.50. The van der Waals surface area contributed by atoms with Crippen LogP contribution in [0.1, 0.15) is 33.0 Å². The van der Waals surface area contributed by atoms with E-state index in [2.05, 4.69) is 23.9 Å². The van der Waals surface area contributed by atoms with Crippen LogP contribution < -0.4 is 5.73 Å². The fourth-order valence-corrected chi connectivity index (χ4v) is 1.74. The highest BCUT2D eigenvalue weighted by Gasteiger charge is 2.10. The van der Waals surface area contributed by atoms with Crippen LogP contribution in [0.15, 0.2) is 6.33 Å². The van der Waals surface area contributed by atoms with Gasteiger partial charge in [0.25, 0.3) is 0 Å². The number of hydrogen-bond donors (Lipinski definition) is 1. The lowest BCUT2D eigenvalue weighted by molar-refractivity contribution is 0.455. The number of nitrogens with zero attached hydrogens (tertiary/aromatic N) is 3. The predicted molar refractivity (Wildman–Crippen MR) is 56.8 cm³/mol. The third kappa shape index (κ3) is 3.10. The van der Waals surface area contributed by atoms with Crippen molar-refractivity contribution in [1.29, 1.82) is 0 Å². The second-order valence-electron chi connectivity index (χ2n) is 4.01. The number of rotatable bonds is 5. The highest BCUT2D eigenvalue weighted by molar-refractivity contribution is 4.86. The maximum absolute atomic E-state index is 5.75. The Labute approximate surface area is 85.5 Å². The molecule has 1 rings (SSSR count). The summed E-state index contributed by atoms with van der Waals surface area (Å²) >= 11 is 0. The number of nitrogens with two attached hydrogens (primary N) is 1. The Bertz CT molecular complexity index is 267. The van der Waals surface area contributed by atoms with Crippen molar-refractivity contribution >= 4 is 0 Å². The smallest absolute Gasteiger partial charge is 0.138 e. The molecule has 0 bridgehead atoms. The van der Waals surface area contributed by atoms with Crippen molar-refractivity contribution in [3.05, 3.63) is 12.2 Å². The lowest BCUT2D eigenvalue weighted by atomic mass is 9.99. The maximum Gasteiger partial charge on any atom is 0.138 e. The van der Waals surface area contributed by atoms with Crippen LogP contribution in [0.3, 0.4) is 0 Å². The summed E-state index contributed by atoms with van der Waals surface area (Å²) in [5.41, 5.74) is 5.75. The van der Waals surface area contributed by atoms with Gasteiger partial charge < -0.3 is 5.73 Å². The van der Waals surface area contributed by atoms with Crippen LogP contribution >= 0.6 is 0 Å². The van der Waals surface area contributed by atoms with Crippen LogP contribution in [-0.2, 0) is 13.0 Å². The van der Waals surface area contributed by atoms with Crippen molar-refractivity contribution in [2.45, 2.75) is 46.2 Å². The standard InChI is InChI=1S/C10H20N4/c1-4-14-10(12-7-13-14)6-8(2)5-9(3)11/h7-9H,4-6,11H2,1-3H3. The summed E-state index contributed by atoms with van der Waals surface area (Å²) in [6.45, 7) is 7.22. The second-order valence-corrected chi connectivity index (χ2v) is 4.01. The van der Waals surface area contributed by atoms with Crippen molar-refractivity contribution in [2.75, 3.05) is 0 Å². The first kappa shape index (κ1) is 11.2. The second kappa shape index (κ2) is 5.10. The molecular weight excluding hydrogens is 176 g/mol. The van der Waals surface area contributed by atoms with Gasteiger partial charge >= 0.3 is 0 Å². The normalized spacial score (nSPS) is 15.4. The Kier molecular flexibility index (Phi) is 4.07. The van der Waals surface area contributed by atoms with Crippen molar-refractivity contribution < 1.29 is 0 Å². The molecule has 0 aliphatic heterocycles. The molecule has 0 aromatic carbocycles. The van der Waals surface area contributed by atoms with Gasteiger partial charge in [0, 0.05) is 19.0 Å². The largest absolute Gasteiger partial charge is 0.328 e. The SMILES string of the molecule is CCn1ncnc1CC(C)CC(C)N. The fraction of sp³-hybridized carbons (Fsp3) is 0.800. The van der Waals surface area contributed by atoms with Gasteiger partial charge in [0.1, 0.15) is 12.2 Å². The molecule has 2 unspecified atom stereocenters.